The normalized spacial score (nSPS) is 25.0. The van der Waals surface area contributed by atoms with Crippen LogP contribution in [0.2, 0.25) is 0 Å². The molecule has 2 aromatic heterocycles. The summed E-state index contributed by atoms with van der Waals surface area (Å²) in [4.78, 5) is 12.5. The quantitative estimate of drug-likeness (QED) is 0.917. The van der Waals surface area contributed by atoms with Gasteiger partial charge in [0, 0.05) is 24.5 Å². The number of anilines is 1. The van der Waals surface area contributed by atoms with E-state index >= 15 is 0 Å². The lowest BCUT2D eigenvalue weighted by Crippen LogP contribution is -2.53. The lowest BCUT2D eigenvalue weighted by atomic mass is 9.79. The molecule has 0 amide bonds. The summed E-state index contributed by atoms with van der Waals surface area (Å²) in [6.07, 6.45) is 10.6. The van der Waals surface area contributed by atoms with Crippen molar-refractivity contribution in [3.8, 4) is 5.82 Å². The summed E-state index contributed by atoms with van der Waals surface area (Å²) < 4.78 is 26.0. The molecule has 1 aliphatic carbocycles. The highest BCUT2D eigenvalue weighted by Gasteiger charge is 2.52. The number of hydrogen-bond acceptors (Lipinski definition) is 6. The molecule has 0 aromatic carbocycles. The zero-order chi connectivity index (χ0) is 15.9. The highest BCUT2D eigenvalue weighted by Crippen LogP contribution is 2.46. The lowest BCUT2D eigenvalue weighted by Gasteiger charge is -2.46. The summed E-state index contributed by atoms with van der Waals surface area (Å²) in [6.45, 7) is 0. The number of imidazole rings is 1. The molecule has 4 rings (SSSR count). The largest absolute Gasteiger partial charge is 0.367 e. The Balaban J connectivity index is 1.52. The van der Waals surface area contributed by atoms with Crippen LogP contribution in [0.4, 0.5) is 5.82 Å². The molecule has 8 heteroatoms. The molecule has 1 N–H and O–H groups in total. The summed E-state index contributed by atoms with van der Waals surface area (Å²) in [5.41, 5.74) is 0. The first-order valence-electron chi connectivity index (χ1n) is 7.87. The number of nitrogens with zero attached hydrogens (tertiary/aromatic N) is 4. The minimum Gasteiger partial charge on any atom is -0.367 e. The van der Waals surface area contributed by atoms with Gasteiger partial charge in [0.25, 0.3) is 0 Å². The highest BCUT2D eigenvalue weighted by atomic mass is 32.2. The van der Waals surface area contributed by atoms with Crippen LogP contribution in [0.1, 0.15) is 32.1 Å². The zero-order valence-corrected chi connectivity index (χ0v) is 13.5. The van der Waals surface area contributed by atoms with Crippen molar-refractivity contribution in [3.63, 3.8) is 0 Å². The van der Waals surface area contributed by atoms with Gasteiger partial charge in [0.15, 0.2) is 9.84 Å². The molecular weight excluding hydrogens is 314 g/mol. The van der Waals surface area contributed by atoms with Gasteiger partial charge in [0.2, 0.25) is 0 Å². The molecule has 1 saturated heterocycles. The molecule has 3 heterocycles. The number of sulfone groups is 1. The van der Waals surface area contributed by atoms with Gasteiger partial charge in [-0.2, -0.15) is 0 Å². The molecule has 122 valence electrons. The molecule has 23 heavy (non-hydrogen) atoms. The highest BCUT2D eigenvalue weighted by molar-refractivity contribution is 7.92. The predicted molar refractivity (Wildman–Crippen MR) is 86.2 cm³/mol. The number of aromatic nitrogens is 4. The van der Waals surface area contributed by atoms with Crippen molar-refractivity contribution in [2.24, 2.45) is 0 Å². The summed E-state index contributed by atoms with van der Waals surface area (Å²) in [6, 6.07) is 2.00. The van der Waals surface area contributed by atoms with Crippen LogP contribution < -0.4 is 5.32 Å². The van der Waals surface area contributed by atoms with Gasteiger partial charge in [-0.05, 0) is 25.7 Å². The number of rotatable bonds is 3. The van der Waals surface area contributed by atoms with E-state index in [0.29, 0.717) is 12.8 Å². The second-order valence-electron chi connectivity index (χ2n) is 6.42. The molecule has 2 aliphatic rings. The van der Waals surface area contributed by atoms with E-state index in [1.807, 2.05) is 16.8 Å². The first kappa shape index (κ1) is 14.6. The average Bonchev–Trinajstić information content (AvgIpc) is 3.02. The second-order valence-corrected chi connectivity index (χ2v) is 8.92. The summed E-state index contributed by atoms with van der Waals surface area (Å²) in [5, 5.41) is 3.40. The van der Waals surface area contributed by atoms with Crippen molar-refractivity contribution >= 4 is 15.7 Å². The third kappa shape index (κ3) is 2.50. The van der Waals surface area contributed by atoms with Gasteiger partial charge in [0.05, 0.1) is 10.5 Å². The Morgan fingerprint density at radius 1 is 1.30 bits per heavy atom. The molecule has 1 saturated carbocycles. The molecule has 0 bridgehead atoms. The van der Waals surface area contributed by atoms with Gasteiger partial charge in [-0.25, -0.2) is 23.4 Å². The minimum atomic E-state index is -2.94. The van der Waals surface area contributed by atoms with Gasteiger partial charge >= 0.3 is 0 Å². The number of hydrogen-bond donors (Lipinski definition) is 1. The van der Waals surface area contributed by atoms with Crippen molar-refractivity contribution in [1.29, 1.82) is 0 Å². The Kier molecular flexibility index (Phi) is 3.37. The fourth-order valence-corrected chi connectivity index (χ4v) is 5.97. The number of nitrogens with one attached hydrogen (secondary N) is 1. The van der Waals surface area contributed by atoms with Crippen LogP contribution in [-0.2, 0) is 9.84 Å². The van der Waals surface area contributed by atoms with Crippen LogP contribution in [0.15, 0.2) is 31.1 Å². The van der Waals surface area contributed by atoms with Crippen molar-refractivity contribution < 1.29 is 8.42 Å². The van der Waals surface area contributed by atoms with Crippen molar-refractivity contribution in [2.45, 2.75) is 42.9 Å². The third-order valence-electron chi connectivity index (χ3n) is 5.05. The van der Waals surface area contributed by atoms with E-state index < -0.39 is 14.6 Å². The molecule has 2 fully saturated rings. The van der Waals surface area contributed by atoms with Crippen LogP contribution >= 0.6 is 0 Å². The molecule has 2 aromatic rings. The monoisotopic (exact) mass is 333 g/mol. The van der Waals surface area contributed by atoms with Gasteiger partial charge < -0.3 is 5.32 Å². The second kappa shape index (κ2) is 5.30. The van der Waals surface area contributed by atoms with E-state index in [-0.39, 0.29) is 11.8 Å². The van der Waals surface area contributed by atoms with Crippen LogP contribution in [-0.4, -0.2) is 44.5 Å². The van der Waals surface area contributed by atoms with E-state index in [0.717, 1.165) is 30.9 Å². The van der Waals surface area contributed by atoms with Crippen LogP contribution in [0.3, 0.4) is 0 Å². The standard InChI is InChI=1S/C15H19N5O2S/c21-23(22)7-2-12(9-15(23)3-1-4-15)19-13-8-14(18-10-17-13)20-6-5-16-11-20/h5-6,8,10-12H,1-4,7,9H2,(H,17,18,19). The molecule has 1 atom stereocenters. The fraction of sp³-hybridized carbons (Fsp3) is 0.533. The molecule has 1 spiro atoms. The Morgan fingerprint density at radius 3 is 2.87 bits per heavy atom. The average molecular weight is 333 g/mol. The van der Waals surface area contributed by atoms with Crippen molar-refractivity contribution in [2.75, 3.05) is 11.1 Å². The topological polar surface area (TPSA) is 89.8 Å². The van der Waals surface area contributed by atoms with E-state index in [4.69, 9.17) is 0 Å². The first-order chi connectivity index (χ1) is 11.1. The van der Waals surface area contributed by atoms with Gasteiger partial charge in [-0.15, -0.1) is 0 Å². The van der Waals surface area contributed by atoms with Gasteiger partial charge in [-0.3, -0.25) is 4.57 Å². The van der Waals surface area contributed by atoms with Crippen molar-refractivity contribution in [3.05, 3.63) is 31.1 Å². The zero-order valence-electron chi connectivity index (χ0n) is 12.7. The summed E-state index contributed by atoms with van der Waals surface area (Å²) in [7, 11) is -2.94. The van der Waals surface area contributed by atoms with Gasteiger partial charge in [-0.1, -0.05) is 6.42 Å². The molecule has 1 aliphatic heterocycles. The minimum absolute atomic E-state index is 0.143. The molecular formula is C15H19N5O2S. The van der Waals surface area contributed by atoms with Crippen LogP contribution in [0, 0.1) is 0 Å². The smallest absolute Gasteiger partial charge is 0.156 e. The van der Waals surface area contributed by atoms with Crippen molar-refractivity contribution in [1.82, 2.24) is 19.5 Å². The lowest BCUT2D eigenvalue weighted by molar-refractivity contribution is 0.289. The van der Waals surface area contributed by atoms with E-state index in [1.165, 1.54) is 6.33 Å². The molecule has 7 nitrogen and oxygen atoms in total. The molecule has 1 unspecified atom stereocenters. The molecule has 0 radical (unpaired) electrons. The van der Waals surface area contributed by atoms with E-state index in [9.17, 15) is 8.42 Å². The third-order valence-corrected chi connectivity index (χ3v) is 7.72. The van der Waals surface area contributed by atoms with Crippen LogP contribution in [0.5, 0.6) is 0 Å². The first-order valence-corrected chi connectivity index (χ1v) is 9.52. The summed E-state index contributed by atoms with van der Waals surface area (Å²) in [5.74, 6) is 1.73. The maximum atomic E-state index is 12.3. The summed E-state index contributed by atoms with van der Waals surface area (Å²) >= 11 is 0. The predicted octanol–water partition coefficient (Wildman–Crippen LogP) is 1.57. The maximum absolute atomic E-state index is 12.3. The van der Waals surface area contributed by atoms with E-state index in [2.05, 4.69) is 20.3 Å². The Hall–Kier alpha value is -1.96. The Bertz CT molecular complexity index is 799. The fourth-order valence-electron chi connectivity index (χ4n) is 3.57. The Labute approximate surface area is 135 Å². The van der Waals surface area contributed by atoms with Gasteiger partial charge in [0.1, 0.15) is 24.3 Å². The Morgan fingerprint density at radius 2 is 2.17 bits per heavy atom. The van der Waals surface area contributed by atoms with E-state index in [1.54, 1.807) is 12.5 Å². The maximum Gasteiger partial charge on any atom is 0.156 e. The van der Waals surface area contributed by atoms with Crippen LogP contribution in [0.25, 0.3) is 5.82 Å². The SMILES string of the molecule is O=S1(=O)CCC(Nc2cc(-n3ccnc3)ncn2)CC12CCC2.